The van der Waals surface area contributed by atoms with Crippen molar-refractivity contribution in [3.05, 3.63) is 70.9 Å². The maximum absolute atomic E-state index is 12.6. The van der Waals surface area contributed by atoms with Crippen LogP contribution in [-0.2, 0) is 32.0 Å². The highest BCUT2D eigenvalue weighted by atomic mass is 16.5. The molecule has 7 heteroatoms. The minimum Gasteiger partial charge on any atom is -0.468 e. The lowest BCUT2D eigenvalue weighted by molar-refractivity contribution is -0.141. The summed E-state index contributed by atoms with van der Waals surface area (Å²) in [6.07, 6.45) is 0.361. The van der Waals surface area contributed by atoms with Crippen molar-refractivity contribution in [3.63, 3.8) is 0 Å². The second-order valence-corrected chi connectivity index (χ2v) is 7.27. The van der Waals surface area contributed by atoms with Crippen LogP contribution in [0.5, 0.6) is 0 Å². The summed E-state index contributed by atoms with van der Waals surface area (Å²) in [7, 11) is 1.26. The average Bonchev–Trinajstić information content (AvgIpc) is 2.76. The summed E-state index contributed by atoms with van der Waals surface area (Å²) in [4.78, 5) is 40.2. The van der Waals surface area contributed by atoms with Gasteiger partial charge in [0.1, 0.15) is 6.54 Å². The number of benzene rings is 2. The van der Waals surface area contributed by atoms with Gasteiger partial charge in [-0.2, -0.15) is 0 Å². The Morgan fingerprint density at radius 2 is 1.65 bits per heavy atom. The molecule has 31 heavy (non-hydrogen) atoms. The zero-order chi connectivity index (χ0) is 22.4. The SMILES string of the molecule is COC(=O)CNC(=O)Cc1ccc(NC(=O)Cc2c(C)nc3ccccc3c2C)cc1. The third-order valence-corrected chi connectivity index (χ3v) is 5.08. The summed E-state index contributed by atoms with van der Waals surface area (Å²) in [5, 5.41) is 6.43. The molecule has 3 rings (SSSR count). The molecule has 160 valence electrons. The number of carbonyl (C=O) groups excluding carboxylic acids is 3. The number of para-hydroxylation sites is 1. The smallest absolute Gasteiger partial charge is 0.325 e. The van der Waals surface area contributed by atoms with Gasteiger partial charge in [-0.1, -0.05) is 30.3 Å². The van der Waals surface area contributed by atoms with Crippen LogP contribution in [-0.4, -0.2) is 36.4 Å². The van der Waals surface area contributed by atoms with E-state index in [4.69, 9.17) is 0 Å². The number of amides is 2. The van der Waals surface area contributed by atoms with E-state index in [1.54, 1.807) is 24.3 Å². The van der Waals surface area contributed by atoms with Crippen LogP contribution in [0.25, 0.3) is 10.9 Å². The summed E-state index contributed by atoms with van der Waals surface area (Å²) < 4.78 is 4.48. The summed E-state index contributed by atoms with van der Waals surface area (Å²) in [6.45, 7) is 3.77. The molecule has 0 spiro atoms. The van der Waals surface area contributed by atoms with E-state index in [2.05, 4.69) is 20.4 Å². The topological polar surface area (TPSA) is 97.4 Å². The lowest BCUT2D eigenvalue weighted by atomic mass is 9.99. The first-order chi connectivity index (χ1) is 14.9. The van der Waals surface area contributed by atoms with Crippen molar-refractivity contribution in [3.8, 4) is 0 Å². The molecule has 0 aliphatic heterocycles. The van der Waals surface area contributed by atoms with Crippen LogP contribution in [0.2, 0.25) is 0 Å². The number of pyridine rings is 1. The molecule has 0 unspecified atom stereocenters. The monoisotopic (exact) mass is 419 g/mol. The Morgan fingerprint density at radius 1 is 0.935 bits per heavy atom. The van der Waals surface area contributed by atoms with Gasteiger partial charge in [0.25, 0.3) is 0 Å². The maximum Gasteiger partial charge on any atom is 0.325 e. The standard InChI is InChI=1S/C24H25N3O4/c1-15-19-6-4-5-7-21(19)26-16(2)20(15)13-23(29)27-18-10-8-17(9-11-18)12-22(28)25-14-24(30)31-3/h4-11H,12-14H2,1-3H3,(H,25,28)(H,27,29). The molecule has 0 radical (unpaired) electrons. The van der Waals surface area contributed by atoms with Crippen LogP contribution in [0, 0.1) is 13.8 Å². The molecule has 2 aromatic carbocycles. The largest absolute Gasteiger partial charge is 0.468 e. The summed E-state index contributed by atoms with van der Waals surface area (Å²) in [6, 6.07) is 14.9. The van der Waals surface area contributed by atoms with Gasteiger partial charge in [0.2, 0.25) is 11.8 Å². The van der Waals surface area contributed by atoms with Gasteiger partial charge < -0.3 is 15.4 Å². The Balaban J connectivity index is 1.61. The van der Waals surface area contributed by atoms with Gasteiger partial charge in [-0.25, -0.2) is 0 Å². The zero-order valence-corrected chi connectivity index (χ0v) is 17.8. The van der Waals surface area contributed by atoms with E-state index >= 15 is 0 Å². The first-order valence-corrected chi connectivity index (χ1v) is 9.94. The second kappa shape index (κ2) is 9.84. The molecule has 0 saturated carbocycles. The van der Waals surface area contributed by atoms with E-state index < -0.39 is 5.97 Å². The van der Waals surface area contributed by atoms with Crippen molar-refractivity contribution in [2.45, 2.75) is 26.7 Å². The van der Waals surface area contributed by atoms with Crippen molar-refractivity contribution in [1.29, 1.82) is 0 Å². The quantitative estimate of drug-likeness (QED) is 0.574. The fraction of sp³-hybridized carbons (Fsp3) is 0.250. The van der Waals surface area contributed by atoms with Crippen molar-refractivity contribution in [2.24, 2.45) is 0 Å². The molecule has 0 fully saturated rings. The van der Waals surface area contributed by atoms with Crippen LogP contribution in [0.15, 0.2) is 48.5 Å². The van der Waals surface area contributed by atoms with E-state index in [0.717, 1.165) is 33.3 Å². The summed E-state index contributed by atoms with van der Waals surface area (Å²) in [5.74, 6) is -0.915. The Kier molecular flexibility index (Phi) is 6.97. The summed E-state index contributed by atoms with van der Waals surface area (Å²) in [5.41, 5.74) is 5.17. The zero-order valence-electron chi connectivity index (χ0n) is 17.8. The molecule has 3 aromatic rings. The number of esters is 1. The minimum absolute atomic E-state index is 0.131. The van der Waals surface area contributed by atoms with Crippen molar-refractivity contribution in [2.75, 3.05) is 19.0 Å². The van der Waals surface area contributed by atoms with Gasteiger partial charge in [0.05, 0.1) is 25.5 Å². The fourth-order valence-corrected chi connectivity index (χ4v) is 3.39. The number of hydrogen-bond acceptors (Lipinski definition) is 5. The number of methoxy groups -OCH3 is 1. The molecular weight excluding hydrogens is 394 g/mol. The molecule has 0 saturated heterocycles. The Morgan fingerprint density at radius 3 is 2.35 bits per heavy atom. The number of anilines is 1. The third kappa shape index (κ3) is 5.66. The number of nitrogens with zero attached hydrogens (tertiary/aromatic N) is 1. The number of rotatable bonds is 7. The Bertz CT molecular complexity index is 1120. The number of ether oxygens (including phenoxy) is 1. The molecular formula is C24H25N3O4. The van der Waals surface area contributed by atoms with E-state index in [9.17, 15) is 14.4 Å². The third-order valence-electron chi connectivity index (χ3n) is 5.08. The number of aryl methyl sites for hydroxylation is 2. The highest BCUT2D eigenvalue weighted by molar-refractivity contribution is 5.94. The van der Waals surface area contributed by atoms with Gasteiger partial charge >= 0.3 is 5.97 Å². The average molecular weight is 419 g/mol. The molecule has 2 N–H and O–H groups in total. The van der Waals surface area contributed by atoms with Crippen LogP contribution in [0.4, 0.5) is 5.69 Å². The summed E-state index contributed by atoms with van der Waals surface area (Å²) >= 11 is 0. The van der Waals surface area contributed by atoms with Gasteiger partial charge in [0, 0.05) is 16.8 Å². The number of carbonyl (C=O) groups is 3. The maximum atomic E-state index is 12.6. The first-order valence-electron chi connectivity index (χ1n) is 9.94. The molecule has 0 atom stereocenters. The molecule has 7 nitrogen and oxygen atoms in total. The second-order valence-electron chi connectivity index (χ2n) is 7.27. The van der Waals surface area contributed by atoms with Crippen molar-refractivity contribution < 1.29 is 19.1 Å². The van der Waals surface area contributed by atoms with E-state index in [0.29, 0.717) is 5.69 Å². The van der Waals surface area contributed by atoms with Crippen LogP contribution >= 0.6 is 0 Å². The van der Waals surface area contributed by atoms with E-state index in [1.807, 2.05) is 38.1 Å². The molecule has 2 amide bonds. The highest BCUT2D eigenvalue weighted by Gasteiger charge is 2.13. The van der Waals surface area contributed by atoms with Crippen LogP contribution in [0.1, 0.15) is 22.4 Å². The highest BCUT2D eigenvalue weighted by Crippen LogP contribution is 2.23. The number of aromatic nitrogens is 1. The molecule has 0 aliphatic rings. The normalized spacial score (nSPS) is 10.5. The van der Waals surface area contributed by atoms with Crippen molar-refractivity contribution >= 4 is 34.4 Å². The first kappa shape index (κ1) is 22.0. The molecule has 1 aromatic heterocycles. The lowest BCUT2D eigenvalue weighted by Crippen LogP contribution is -2.31. The van der Waals surface area contributed by atoms with Gasteiger partial charge in [0.15, 0.2) is 0 Å². The molecule has 0 aliphatic carbocycles. The van der Waals surface area contributed by atoms with Crippen LogP contribution in [0.3, 0.4) is 0 Å². The van der Waals surface area contributed by atoms with Crippen molar-refractivity contribution in [1.82, 2.24) is 10.3 Å². The number of nitrogens with one attached hydrogen (secondary N) is 2. The fourth-order valence-electron chi connectivity index (χ4n) is 3.39. The van der Waals surface area contributed by atoms with Gasteiger partial charge in [-0.05, 0) is 48.7 Å². The Hall–Kier alpha value is -3.74. The predicted molar refractivity (Wildman–Crippen MR) is 119 cm³/mol. The van der Waals surface area contributed by atoms with Gasteiger partial charge in [-0.3, -0.25) is 19.4 Å². The Labute approximate surface area is 180 Å². The van der Waals surface area contributed by atoms with E-state index in [-0.39, 0.29) is 31.2 Å². The predicted octanol–water partition coefficient (Wildman–Crippen LogP) is 2.86. The number of hydrogen-bond donors (Lipinski definition) is 2. The molecule has 1 heterocycles. The molecule has 0 bridgehead atoms. The lowest BCUT2D eigenvalue weighted by Gasteiger charge is -2.13. The number of fused-ring (bicyclic) bond motifs is 1. The van der Waals surface area contributed by atoms with Crippen LogP contribution < -0.4 is 10.6 Å². The minimum atomic E-state index is -0.501. The van der Waals surface area contributed by atoms with E-state index in [1.165, 1.54) is 7.11 Å². The van der Waals surface area contributed by atoms with Gasteiger partial charge in [-0.15, -0.1) is 0 Å².